The zero-order valence-corrected chi connectivity index (χ0v) is 10.1. The van der Waals surface area contributed by atoms with Crippen LogP contribution in [0.25, 0.3) is 0 Å². The molecule has 1 aliphatic heterocycles. The van der Waals surface area contributed by atoms with Crippen LogP contribution in [0.4, 0.5) is 5.82 Å². The van der Waals surface area contributed by atoms with E-state index >= 15 is 0 Å². The molecule has 2 atom stereocenters. The Morgan fingerprint density at radius 1 is 1.59 bits per heavy atom. The van der Waals surface area contributed by atoms with E-state index in [1.165, 1.54) is 0 Å². The molecule has 94 valence electrons. The lowest BCUT2D eigenvalue weighted by atomic mass is 9.97. The Hall–Kier alpha value is -1.17. The quantitative estimate of drug-likeness (QED) is 0.528. The first kappa shape index (κ1) is 12.3. The molecule has 4 N–H and O–H groups in total. The van der Waals surface area contributed by atoms with Gasteiger partial charge in [0.15, 0.2) is 0 Å². The molecule has 17 heavy (non-hydrogen) atoms. The van der Waals surface area contributed by atoms with E-state index in [2.05, 4.69) is 22.2 Å². The van der Waals surface area contributed by atoms with Gasteiger partial charge in [-0.05, 0) is 24.5 Å². The van der Waals surface area contributed by atoms with Gasteiger partial charge < -0.3 is 10.5 Å². The van der Waals surface area contributed by atoms with Crippen LogP contribution in [0.3, 0.4) is 0 Å². The number of aliphatic hydroxyl groups excluding tert-OH is 1. The van der Waals surface area contributed by atoms with Crippen molar-refractivity contribution in [1.82, 2.24) is 9.88 Å². The molecule has 0 spiro atoms. The minimum atomic E-state index is -0.156. The third-order valence-corrected chi connectivity index (χ3v) is 3.28. The Morgan fingerprint density at radius 2 is 2.41 bits per heavy atom. The number of nitrogens with one attached hydrogen (secondary N) is 1. The minimum Gasteiger partial charge on any atom is -0.393 e. The van der Waals surface area contributed by atoms with Gasteiger partial charge in [0.05, 0.1) is 11.8 Å². The highest BCUT2D eigenvalue weighted by atomic mass is 16.3. The van der Waals surface area contributed by atoms with Crippen LogP contribution >= 0.6 is 0 Å². The van der Waals surface area contributed by atoms with Crippen molar-refractivity contribution in [3.63, 3.8) is 0 Å². The smallest absolute Gasteiger partial charge is 0.140 e. The number of hydrogen-bond acceptors (Lipinski definition) is 5. The second kappa shape index (κ2) is 5.44. The van der Waals surface area contributed by atoms with Gasteiger partial charge in [0, 0.05) is 19.6 Å². The van der Waals surface area contributed by atoms with Gasteiger partial charge in [0.2, 0.25) is 0 Å². The zero-order chi connectivity index (χ0) is 12.3. The van der Waals surface area contributed by atoms with Crippen molar-refractivity contribution in [3.05, 3.63) is 23.9 Å². The summed E-state index contributed by atoms with van der Waals surface area (Å²) >= 11 is 0. The Balaban J connectivity index is 1.96. The zero-order valence-electron chi connectivity index (χ0n) is 10.1. The Bertz CT molecular complexity index is 371. The molecule has 2 heterocycles. The van der Waals surface area contributed by atoms with Gasteiger partial charge in [-0.25, -0.2) is 10.8 Å². The van der Waals surface area contributed by atoms with Gasteiger partial charge in [0.25, 0.3) is 0 Å². The van der Waals surface area contributed by atoms with Crippen molar-refractivity contribution in [2.24, 2.45) is 11.8 Å². The summed E-state index contributed by atoms with van der Waals surface area (Å²) in [7, 11) is 0. The van der Waals surface area contributed by atoms with E-state index in [0.29, 0.717) is 11.7 Å². The molecule has 2 unspecified atom stereocenters. The van der Waals surface area contributed by atoms with E-state index in [9.17, 15) is 5.11 Å². The number of likely N-dealkylation sites (tertiary alicyclic amines) is 1. The predicted octanol–water partition coefficient (Wildman–Crippen LogP) is 0.570. The molecule has 5 nitrogen and oxygen atoms in total. The fraction of sp³-hybridized carbons (Fsp3) is 0.583. The monoisotopic (exact) mass is 236 g/mol. The number of aliphatic hydroxyl groups is 1. The molecule has 5 heteroatoms. The molecular formula is C12H20N4O. The molecule has 0 saturated carbocycles. The molecule has 0 aromatic carbocycles. The molecule has 1 fully saturated rings. The number of rotatable bonds is 3. The second-order valence-electron chi connectivity index (χ2n) is 4.73. The first-order chi connectivity index (χ1) is 8.19. The number of hydrazine groups is 1. The van der Waals surface area contributed by atoms with Crippen LogP contribution in [-0.2, 0) is 6.54 Å². The third-order valence-electron chi connectivity index (χ3n) is 3.28. The van der Waals surface area contributed by atoms with Crippen molar-refractivity contribution in [1.29, 1.82) is 0 Å². The molecule has 2 rings (SSSR count). The first-order valence-electron chi connectivity index (χ1n) is 6.02. The van der Waals surface area contributed by atoms with Crippen LogP contribution in [0.2, 0.25) is 0 Å². The van der Waals surface area contributed by atoms with E-state index < -0.39 is 0 Å². The van der Waals surface area contributed by atoms with E-state index in [1.807, 2.05) is 18.2 Å². The van der Waals surface area contributed by atoms with E-state index in [-0.39, 0.29) is 6.10 Å². The topological polar surface area (TPSA) is 74.4 Å². The maximum Gasteiger partial charge on any atom is 0.140 e. The van der Waals surface area contributed by atoms with Crippen LogP contribution in [0, 0.1) is 5.92 Å². The van der Waals surface area contributed by atoms with Gasteiger partial charge >= 0.3 is 0 Å². The standard InChI is InChI=1S/C12H20N4O/c1-9-7-16(6-5-11(9)17)8-10-3-2-4-12(14-10)15-13/h2-4,9,11,17H,5-8,13H2,1H3,(H,14,15). The van der Waals surface area contributed by atoms with Crippen LogP contribution in [0.5, 0.6) is 0 Å². The second-order valence-corrected chi connectivity index (χ2v) is 4.73. The van der Waals surface area contributed by atoms with Crippen molar-refractivity contribution >= 4 is 5.82 Å². The molecule has 1 aromatic rings. The molecule has 1 aliphatic rings. The van der Waals surface area contributed by atoms with Crippen molar-refractivity contribution < 1.29 is 5.11 Å². The normalized spacial score (nSPS) is 25.8. The van der Waals surface area contributed by atoms with Crippen LogP contribution in [0.15, 0.2) is 18.2 Å². The molecule has 1 aromatic heterocycles. The first-order valence-corrected chi connectivity index (χ1v) is 6.02. The van der Waals surface area contributed by atoms with Gasteiger partial charge in [-0.3, -0.25) is 4.90 Å². The number of anilines is 1. The fourth-order valence-electron chi connectivity index (χ4n) is 2.24. The fourth-order valence-corrected chi connectivity index (χ4v) is 2.24. The average molecular weight is 236 g/mol. The van der Waals surface area contributed by atoms with Crippen molar-refractivity contribution in [2.45, 2.75) is 26.0 Å². The highest BCUT2D eigenvalue weighted by molar-refractivity contribution is 5.33. The van der Waals surface area contributed by atoms with Gasteiger partial charge in [0.1, 0.15) is 5.82 Å². The Labute approximate surface area is 102 Å². The molecule has 0 radical (unpaired) electrons. The highest BCUT2D eigenvalue weighted by Crippen LogP contribution is 2.18. The largest absolute Gasteiger partial charge is 0.393 e. The van der Waals surface area contributed by atoms with E-state index in [0.717, 1.165) is 31.7 Å². The molecular weight excluding hydrogens is 216 g/mol. The van der Waals surface area contributed by atoms with Gasteiger partial charge in [-0.1, -0.05) is 13.0 Å². The highest BCUT2D eigenvalue weighted by Gasteiger charge is 2.24. The maximum absolute atomic E-state index is 9.67. The van der Waals surface area contributed by atoms with E-state index in [4.69, 9.17) is 5.84 Å². The molecule has 0 amide bonds. The SMILES string of the molecule is CC1CN(Cc2cccc(NN)n2)CCC1O. The van der Waals surface area contributed by atoms with Crippen LogP contribution in [0.1, 0.15) is 19.0 Å². The summed E-state index contributed by atoms with van der Waals surface area (Å²) in [4.78, 5) is 6.71. The van der Waals surface area contributed by atoms with E-state index in [1.54, 1.807) is 0 Å². The number of piperidine rings is 1. The Kier molecular flexibility index (Phi) is 3.93. The predicted molar refractivity (Wildman–Crippen MR) is 67.1 cm³/mol. The number of pyridine rings is 1. The number of nitrogens with two attached hydrogens (primary N) is 1. The van der Waals surface area contributed by atoms with Crippen molar-refractivity contribution in [3.8, 4) is 0 Å². The summed E-state index contributed by atoms with van der Waals surface area (Å²) in [5.41, 5.74) is 3.55. The summed E-state index contributed by atoms with van der Waals surface area (Å²) in [6.45, 7) is 4.74. The lowest BCUT2D eigenvalue weighted by Crippen LogP contribution is -2.41. The number of nitrogen functional groups attached to an aromatic ring is 1. The average Bonchev–Trinajstić information content (AvgIpc) is 2.34. The van der Waals surface area contributed by atoms with Crippen LogP contribution < -0.4 is 11.3 Å². The molecule has 0 bridgehead atoms. The summed E-state index contributed by atoms with van der Waals surface area (Å²) in [6.07, 6.45) is 0.687. The van der Waals surface area contributed by atoms with Crippen LogP contribution in [-0.4, -0.2) is 34.2 Å². The lowest BCUT2D eigenvalue weighted by Gasteiger charge is -2.34. The summed E-state index contributed by atoms with van der Waals surface area (Å²) < 4.78 is 0. The minimum absolute atomic E-state index is 0.156. The van der Waals surface area contributed by atoms with Crippen molar-refractivity contribution in [2.75, 3.05) is 18.5 Å². The molecule has 1 saturated heterocycles. The lowest BCUT2D eigenvalue weighted by molar-refractivity contribution is 0.0316. The third kappa shape index (κ3) is 3.15. The summed E-state index contributed by atoms with van der Waals surface area (Å²) in [5.74, 6) is 6.35. The Morgan fingerprint density at radius 3 is 3.12 bits per heavy atom. The number of nitrogens with zero attached hydrogens (tertiary/aromatic N) is 2. The number of hydrogen-bond donors (Lipinski definition) is 3. The number of aromatic nitrogens is 1. The van der Waals surface area contributed by atoms with Gasteiger partial charge in [-0.15, -0.1) is 0 Å². The van der Waals surface area contributed by atoms with Gasteiger partial charge in [-0.2, -0.15) is 0 Å². The summed E-state index contributed by atoms with van der Waals surface area (Å²) in [5, 5.41) is 9.67. The molecule has 0 aliphatic carbocycles. The maximum atomic E-state index is 9.67. The summed E-state index contributed by atoms with van der Waals surface area (Å²) in [6, 6.07) is 5.78.